The molecule has 1 aliphatic rings. The van der Waals surface area contributed by atoms with E-state index in [1.807, 2.05) is 12.1 Å². The van der Waals surface area contributed by atoms with Gasteiger partial charge in [0.1, 0.15) is 18.2 Å². The average Bonchev–Trinajstić information content (AvgIpc) is 2.61. The maximum Gasteiger partial charge on any atom is 0.124 e. The number of benzene rings is 2. The Bertz CT molecular complexity index is 659. The van der Waals surface area contributed by atoms with E-state index in [0.29, 0.717) is 12.6 Å². The molecule has 1 saturated carbocycles. The van der Waals surface area contributed by atoms with E-state index in [2.05, 4.69) is 27.3 Å². The van der Waals surface area contributed by atoms with Crippen LogP contribution in [-0.4, -0.2) is 6.04 Å². The molecule has 0 atom stereocenters. The highest BCUT2D eigenvalue weighted by Crippen LogP contribution is 2.25. The van der Waals surface area contributed by atoms with Crippen LogP contribution in [0.1, 0.15) is 43.2 Å². The van der Waals surface area contributed by atoms with Crippen LogP contribution in [0.25, 0.3) is 0 Å². The Kier molecular flexibility index (Phi) is 8.20. The standard InChI is InChI=1S/C20H23BrFNO.ClH/c21-17-8-11-20(24-14-15-6-9-18(22)10-7-15)16(12-17)13-23-19-4-2-1-3-5-19;/h6-12,19,23H,1-5,13-14H2;1H. The van der Waals surface area contributed by atoms with Crippen molar-refractivity contribution in [2.45, 2.75) is 51.3 Å². The zero-order valence-corrected chi connectivity index (χ0v) is 16.5. The molecule has 0 aromatic heterocycles. The van der Waals surface area contributed by atoms with Crippen LogP contribution in [0, 0.1) is 5.82 Å². The summed E-state index contributed by atoms with van der Waals surface area (Å²) in [5.41, 5.74) is 2.11. The Morgan fingerprint density at radius 2 is 1.76 bits per heavy atom. The number of nitrogens with one attached hydrogen (secondary N) is 1. The van der Waals surface area contributed by atoms with Gasteiger partial charge in [0.05, 0.1) is 0 Å². The van der Waals surface area contributed by atoms with Crippen LogP contribution in [0.4, 0.5) is 4.39 Å². The van der Waals surface area contributed by atoms with E-state index < -0.39 is 0 Å². The van der Waals surface area contributed by atoms with Crippen molar-refractivity contribution in [3.63, 3.8) is 0 Å². The summed E-state index contributed by atoms with van der Waals surface area (Å²) in [7, 11) is 0. The second-order valence-corrected chi connectivity index (χ2v) is 7.30. The predicted octanol–water partition coefficient (Wildman–Crippen LogP) is 6.01. The van der Waals surface area contributed by atoms with Crippen molar-refractivity contribution in [1.82, 2.24) is 5.32 Å². The molecule has 2 aromatic carbocycles. The van der Waals surface area contributed by atoms with Crippen molar-refractivity contribution < 1.29 is 9.13 Å². The summed E-state index contributed by atoms with van der Waals surface area (Å²) in [6.07, 6.45) is 6.54. The maximum atomic E-state index is 13.0. The largest absolute Gasteiger partial charge is 0.489 e. The molecule has 136 valence electrons. The van der Waals surface area contributed by atoms with Crippen LogP contribution in [0.5, 0.6) is 5.75 Å². The molecular formula is C20H24BrClFNO. The van der Waals surface area contributed by atoms with Crippen LogP contribution in [0.3, 0.4) is 0 Å². The van der Waals surface area contributed by atoms with E-state index in [1.165, 1.54) is 44.2 Å². The first-order valence-electron chi connectivity index (χ1n) is 8.60. The van der Waals surface area contributed by atoms with Crippen molar-refractivity contribution in [2.75, 3.05) is 0 Å². The molecule has 0 spiro atoms. The molecular weight excluding hydrogens is 405 g/mol. The fourth-order valence-electron chi connectivity index (χ4n) is 3.13. The van der Waals surface area contributed by atoms with Crippen molar-refractivity contribution >= 4 is 28.3 Å². The third-order valence-electron chi connectivity index (χ3n) is 4.52. The van der Waals surface area contributed by atoms with Gasteiger partial charge in [0, 0.05) is 22.6 Å². The predicted molar refractivity (Wildman–Crippen MR) is 106 cm³/mol. The van der Waals surface area contributed by atoms with E-state index in [9.17, 15) is 4.39 Å². The van der Waals surface area contributed by atoms with Gasteiger partial charge in [-0.05, 0) is 48.7 Å². The first-order chi connectivity index (χ1) is 11.7. The van der Waals surface area contributed by atoms with Gasteiger partial charge in [0.2, 0.25) is 0 Å². The summed E-state index contributed by atoms with van der Waals surface area (Å²) in [6.45, 7) is 1.25. The number of hydrogen-bond donors (Lipinski definition) is 1. The zero-order valence-electron chi connectivity index (χ0n) is 14.1. The molecule has 1 fully saturated rings. The van der Waals surface area contributed by atoms with Gasteiger partial charge in [0.15, 0.2) is 0 Å². The lowest BCUT2D eigenvalue weighted by Crippen LogP contribution is -2.30. The molecule has 5 heteroatoms. The molecule has 25 heavy (non-hydrogen) atoms. The molecule has 3 rings (SSSR count). The summed E-state index contributed by atoms with van der Waals surface area (Å²) < 4.78 is 20.0. The lowest BCUT2D eigenvalue weighted by Gasteiger charge is -2.23. The summed E-state index contributed by atoms with van der Waals surface area (Å²) in [5, 5.41) is 3.66. The van der Waals surface area contributed by atoms with Crippen molar-refractivity contribution in [2.24, 2.45) is 0 Å². The second-order valence-electron chi connectivity index (χ2n) is 6.38. The quantitative estimate of drug-likeness (QED) is 0.608. The van der Waals surface area contributed by atoms with E-state index in [4.69, 9.17) is 4.74 Å². The highest BCUT2D eigenvalue weighted by molar-refractivity contribution is 9.10. The molecule has 0 unspecified atom stereocenters. The minimum atomic E-state index is -0.222. The number of ether oxygens (including phenoxy) is 1. The smallest absolute Gasteiger partial charge is 0.124 e. The lowest BCUT2D eigenvalue weighted by atomic mass is 9.95. The Labute approximate surface area is 163 Å². The van der Waals surface area contributed by atoms with E-state index in [1.54, 1.807) is 12.1 Å². The molecule has 2 aromatic rings. The van der Waals surface area contributed by atoms with Crippen LogP contribution in [0.15, 0.2) is 46.9 Å². The Hall–Kier alpha value is -1.10. The molecule has 1 aliphatic carbocycles. The van der Waals surface area contributed by atoms with Crippen LogP contribution in [-0.2, 0) is 13.2 Å². The van der Waals surface area contributed by atoms with Crippen molar-refractivity contribution in [3.8, 4) is 5.75 Å². The third-order valence-corrected chi connectivity index (χ3v) is 5.01. The van der Waals surface area contributed by atoms with Gasteiger partial charge in [-0.3, -0.25) is 0 Å². The van der Waals surface area contributed by atoms with E-state index in [-0.39, 0.29) is 18.2 Å². The SMILES string of the molecule is Cl.Fc1ccc(COc2ccc(Br)cc2CNC2CCCCC2)cc1. The second kappa shape index (κ2) is 10.1. The summed E-state index contributed by atoms with van der Waals surface area (Å²) in [5.74, 6) is 0.658. The minimum absolute atomic E-state index is 0. The van der Waals surface area contributed by atoms with Gasteiger partial charge in [-0.25, -0.2) is 4.39 Å². The summed E-state index contributed by atoms with van der Waals surface area (Å²) >= 11 is 3.54. The average molecular weight is 429 g/mol. The van der Waals surface area contributed by atoms with Crippen LogP contribution < -0.4 is 10.1 Å². The number of halogens is 3. The number of rotatable bonds is 6. The summed E-state index contributed by atoms with van der Waals surface area (Å²) in [4.78, 5) is 0. The van der Waals surface area contributed by atoms with Crippen LogP contribution >= 0.6 is 28.3 Å². The Balaban J connectivity index is 0.00000225. The number of hydrogen-bond acceptors (Lipinski definition) is 2. The monoisotopic (exact) mass is 427 g/mol. The fraction of sp³-hybridized carbons (Fsp3) is 0.400. The van der Waals surface area contributed by atoms with Crippen molar-refractivity contribution in [1.29, 1.82) is 0 Å². The lowest BCUT2D eigenvalue weighted by molar-refractivity contribution is 0.299. The minimum Gasteiger partial charge on any atom is -0.489 e. The highest BCUT2D eigenvalue weighted by Gasteiger charge is 2.14. The van der Waals surface area contributed by atoms with Gasteiger partial charge >= 0.3 is 0 Å². The molecule has 0 bridgehead atoms. The van der Waals surface area contributed by atoms with Gasteiger partial charge in [-0.2, -0.15) is 0 Å². The maximum absolute atomic E-state index is 13.0. The van der Waals surface area contributed by atoms with Gasteiger partial charge in [-0.15, -0.1) is 12.4 Å². The molecule has 0 radical (unpaired) electrons. The molecule has 0 aliphatic heterocycles. The first kappa shape index (κ1) is 20.2. The summed E-state index contributed by atoms with van der Waals surface area (Å²) in [6, 6.07) is 13.1. The van der Waals surface area contributed by atoms with E-state index >= 15 is 0 Å². The molecule has 0 amide bonds. The molecule has 2 nitrogen and oxygen atoms in total. The first-order valence-corrected chi connectivity index (χ1v) is 9.39. The zero-order chi connectivity index (χ0) is 16.8. The van der Waals surface area contributed by atoms with Gasteiger partial charge < -0.3 is 10.1 Å². The molecule has 1 N–H and O–H groups in total. The van der Waals surface area contributed by atoms with E-state index in [0.717, 1.165) is 27.9 Å². The topological polar surface area (TPSA) is 21.3 Å². The Morgan fingerprint density at radius 1 is 1.04 bits per heavy atom. The van der Waals surface area contributed by atoms with Gasteiger partial charge in [-0.1, -0.05) is 47.3 Å². The highest BCUT2D eigenvalue weighted by atomic mass is 79.9. The third kappa shape index (κ3) is 6.28. The fourth-order valence-corrected chi connectivity index (χ4v) is 3.54. The van der Waals surface area contributed by atoms with Gasteiger partial charge in [0.25, 0.3) is 0 Å². The Morgan fingerprint density at radius 3 is 2.48 bits per heavy atom. The molecule has 0 saturated heterocycles. The van der Waals surface area contributed by atoms with Crippen LogP contribution in [0.2, 0.25) is 0 Å². The molecule has 0 heterocycles. The van der Waals surface area contributed by atoms with Crippen molar-refractivity contribution in [3.05, 3.63) is 63.9 Å². The normalized spacial score (nSPS) is 14.8.